The van der Waals surface area contributed by atoms with Gasteiger partial charge in [0.25, 0.3) is 0 Å². The lowest BCUT2D eigenvalue weighted by molar-refractivity contribution is 0.272. The summed E-state index contributed by atoms with van der Waals surface area (Å²) < 4.78 is 0. The van der Waals surface area contributed by atoms with Crippen LogP contribution in [0.5, 0.6) is 0 Å². The predicted molar refractivity (Wildman–Crippen MR) is 79.0 cm³/mol. The quantitative estimate of drug-likeness (QED) is 0.789. The van der Waals surface area contributed by atoms with Crippen molar-refractivity contribution in [2.75, 3.05) is 6.54 Å². The highest BCUT2D eigenvalue weighted by Gasteiger charge is 2.29. The average Bonchev–Trinajstić information content (AvgIpc) is 2.32. The van der Waals surface area contributed by atoms with Crippen LogP contribution in [0.4, 0.5) is 0 Å². The summed E-state index contributed by atoms with van der Waals surface area (Å²) in [5, 5.41) is 3.74. The number of benzene rings is 1. The minimum atomic E-state index is 0.760. The van der Waals surface area contributed by atoms with Crippen molar-refractivity contribution in [3.05, 3.63) is 35.4 Å². The topological polar surface area (TPSA) is 12.0 Å². The highest BCUT2D eigenvalue weighted by molar-refractivity contribution is 5.27. The smallest absolute Gasteiger partial charge is 0.00788 e. The molecular weight excluding hydrogens is 218 g/mol. The van der Waals surface area contributed by atoms with Crippen molar-refractivity contribution in [3.63, 3.8) is 0 Å². The molecule has 0 bridgehead atoms. The number of nitrogens with one attached hydrogen (secondary N) is 1. The third-order valence-electron chi connectivity index (χ3n) is 4.50. The van der Waals surface area contributed by atoms with Gasteiger partial charge in [0.05, 0.1) is 0 Å². The van der Waals surface area contributed by atoms with E-state index < -0.39 is 0 Å². The third-order valence-corrected chi connectivity index (χ3v) is 4.50. The minimum Gasteiger partial charge on any atom is -0.314 e. The Labute approximate surface area is 112 Å². The van der Waals surface area contributed by atoms with Gasteiger partial charge in [-0.25, -0.2) is 0 Å². The minimum absolute atomic E-state index is 0.760. The van der Waals surface area contributed by atoms with Crippen molar-refractivity contribution < 1.29 is 0 Å². The van der Waals surface area contributed by atoms with E-state index in [1.54, 1.807) is 0 Å². The molecule has 0 radical (unpaired) electrons. The highest BCUT2D eigenvalue weighted by Crippen LogP contribution is 2.37. The summed E-state index contributed by atoms with van der Waals surface area (Å²) in [6, 6.07) is 9.77. The van der Waals surface area contributed by atoms with Crippen LogP contribution in [0.1, 0.15) is 56.6 Å². The van der Waals surface area contributed by atoms with Crippen LogP contribution < -0.4 is 5.32 Å². The summed E-state index contributed by atoms with van der Waals surface area (Å²) in [7, 11) is 0. The Morgan fingerprint density at radius 2 is 1.94 bits per heavy atom. The third kappa shape index (κ3) is 3.35. The zero-order valence-electron chi connectivity index (χ0n) is 12.1. The Balaban J connectivity index is 1.74. The average molecular weight is 245 g/mol. The second-order valence-electron chi connectivity index (χ2n) is 5.87. The molecule has 1 aliphatic carbocycles. The fourth-order valence-corrected chi connectivity index (χ4v) is 2.89. The second kappa shape index (κ2) is 6.38. The van der Waals surface area contributed by atoms with Crippen molar-refractivity contribution in [1.29, 1.82) is 0 Å². The number of hydrogen-bond acceptors (Lipinski definition) is 1. The standard InChI is InChI=1S/C17H27N/c1-4-14(5-2)12-18-17-10-16(11-17)15-8-6-7-13(3)9-15/h6-9,14,16-18H,4-5,10-12H2,1-3H3. The molecule has 0 saturated heterocycles. The van der Waals surface area contributed by atoms with Crippen LogP contribution >= 0.6 is 0 Å². The number of rotatable bonds is 6. The lowest BCUT2D eigenvalue weighted by Gasteiger charge is -2.37. The molecule has 1 saturated carbocycles. The summed E-state index contributed by atoms with van der Waals surface area (Å²) in [5.41, 5.74) is 2.93. The van der Waals surface area contributed by atoms with Crippen LogP contribution in [0, 0.1) is 12.8 Å². The summed E-state index contributed by atoms with van der Waals surface area (Å²) in [6.07, 6.45) is 5.25. The maximum absolute atomic E-state index is 3.74. The fourth-order valence-electron chi connectivity index (χ4n) is 2.89. The van der Waals surface area contributed by atoms with Crippen LogP contribution in [0.2, 0.25) is 0 Å². The van der Waals surface area contributed by atoms with Crippen LogP contribution in [-0.4, -0.2) is 12.6 Å². The molecule has 0 atom stereocenters. The van der Waals surface area contributed by atoms with Gasteiger partial charge >= 0.3 is 0 Å². The first-order valence-electron chi connectivity index (χ1n) is 7.52. The lowest BCUT2D eigenvalue weighted by Crippen LogP contribution is -2.42. The van der Waals surface area contributed by atoms with E-state index in [-0.39, 0.29) is 0 Å². The number of aryl methyl sites for hydroxylation is 1. The van der Waals surface area contributed by atoms with E-state index >= 15 is 0 Å². The molecule has 1 aromatic carbocycles. The SMILES string of the molecule is CCC(CC)CNC1CC(c2cccc(C)c2)C1. The van der Waals surface area contributed by atoms with Crippen molar-refractivity contribution in [2.45, 2.75) is 58.4 Å². The molecule has 0 aliphatic heterocycles. The van der Waals surface area contributed by atoms with Crippen molar-refractivity contribution >= 4 is 0 Å². The van der Waals surface area contributed by atoms with Gasteiger partial charge in [-0.3, -0.25) is 0 Å². The maximum Gasteiger partial charge on any atom is 0.00788 e. The van der Waals surface area contributed by atoms with Gasteiger partial charge in [-0.1, -0.05) is 56.5 Å². The molecular formula is C17H27N. The first-order valence-corrected chi connectivity index (χ1v) is 7.52. The molecule has 0 aromatic heterocycles. The summed E-state index contributed by atoms with van der Waals surface area (Å²) in [4.78, 5) is 0. The Morgan fingerprint density at radius 3 is 2.56 bits per heavy atom. The Bertz CT molecular complexity index is 362. The molecule has 1 heteroatoms. The van der Waals surface area contributed by atoms with Crippen molar-refractivity contribution in [3.8, 4) is 0 Å². The molecule has 1 nitrogen and oxygen atoms in total. The summed E-state index contributed by atoms with van der Waals surface area (Å²) in [6.45, 7) is 7.99. The molecule has 0 heterocycles. The van der Waals surface area contributed by atoms with E-state index in [4.69, 9.17) is 0 Å². The van der Waals surface area contributed by atoms with E-state index in [2.05, 4.69) is 50.4 Å². The van der Waals surface area contributed by atoms with Crippen molar-refractivity contribution in [1.82, 2.24) is 5.32 Å². The molecule has 1 aromatic rings. The van der Waals surface area contributed by atoms with E-state index in [1.807, 2.05) is 0 Å². The molecule has 1 N–H and O–H groups in total. The monoisotopic (exact) mass is 245 g/mol. The van der Waals surface area contributed by atoms with E-state index in [0.717, 1.165) is 17.9 Å². The molecule has 0 unspecified atom stereocenters. The Kier molecular flexibility index (Phi) is 4.82. The van der Waals surface area contributed by atoms with Crippen LogP contribution in [0.3, 0.4) is 0 Å². The van der Waals surface area contributed by atoms with Crippen LogP contribution in [-0.2, 0) is 0 Å². The van der Waals surface area contributed by atoms with Gasteiger partial charge in [-0.2, -0.15) is 0 Å². The first-order chi connectivity index (χ1) is 8.72. The predicted octanol–water partition coefficient (Wildman–Crippen LogP) is 4.27. The second-order valence-corrected chi connectivity index (χ2v) is 5.87. The largest absolute Gasteiger partial charge is 0.314 e. The maximum atomic E-state index is 3.74. The number of hydrogen-bond donors (Lipinski definition) is 1. The summed E-state index contributed by atoms with van der Waals surface area (Å²) >= 11 is 0. The van der Waals surface area contributed by atoms with Gasteiger partial charge in [-0.15, -0.1) is 0 Å². The fraction of sp³-hybridized carbons (Fsp3) is 0.647. The van der Waals surface area contributed by atoms with Gasteiger partial charge in [0.1, 0.15) is 0 Å². The highest BCUT2D eigenvalue weighted by atomic mass is 14.9. The zero-order valence-corrected chi connectivity index (χ0v) is 12.1. The van der Waals surface area contributed by atoms with E-state index in [1.165, 1.54) is 43.4 Å². The van der Waals surface area contributed by atoms with Gasteiger partial charge in [0, 0.05) is 6.04 Å². The summed E-state index contributed by atoms with van der Waals surface area (Å²) in [5.74, 6) is 1.66. The Hall–Kier alpha value is -0.820. The van der Waals surface area contributed by atoms with E-state index in [0.29, 0.717) is 0 Å². The molecule has 0 spiro atoms. The lowest BCUT2D eigenvalue weighted by atomic mass is 9.75. The van der Waals surface area contributed by atoms with Gasteiger partial charge in [0.15, 0.2) is 0 Å². The van der Waals surface area contributed by atoms with Gasteiger partial charge in [0.2, 0.25) is 0 Å². The molecule has 100 valence electrons. The molecule has 2 rings (SSSR count). The molecule has 1 aliphatic rings. The normalized spacial score (nSPS) is 23.1. The van der Waals surface area contributed by atoms with Crippen molar-refractivity contribution in [2.24, 2.45) is 5.92 Å². The molecule has 1 fully saturated rings. The molecule has 18 heavy (non-hydrogen) atoms. The zero-order chi connectivity index (χ0) is 13.0. The van der Waals surface area contributed by atoms with Crippen LogP contribution in [0.25, 0.3) is 0 Å². The van der Waals surface area contributed by atoms with Gasteiger partial charge in [-0.05, 0) is 43.7 Å². The van der Waals surface area contributed by atoms with Crippen LogP contribution in [0.15, 0.2) is 24.3 Å². The van der Waals surface area contributed by atoms with Gasteiger partial charge < -0.3 is 5.32 Å². The first kappa shape index (κ1) is 13.6. The molecule has 0 amide bonds. The Morgan fingerprint density at radius 1 is 1.22 bits per heavy atom. The van der Waals surface area contributed by atoms with E-state index in [9.17, 15) is 0 Å².